The molecule has 0 amide bonds. The Morgan fingerprint density at radius 1 is 1.17 bits per heavy atom. The highest BCUT2D eigenvalue weighted by atomic mass is 19.4. The molecule has 0 aromatic rings. The summed E-state index contributed by atoms with van der Waals surface area (Å²) in [4.78, 5) is 8.90. The van der Waals surface area contributed by atoms with Crippen LogP contribution in [0, 0.1) is 11.3 Å². The minimum Gasteiger partial charge on any atom is -0.475 e. The zero-order valence-corrected chi connectivity index (χ0v) is 13.4. The van der Waals surface area contributed by atoms with E-state index in [0.717, 1.165) is 17.4 Å². The van der Waals surface area contributed by atoms with E-state index in [9.17, 15) is 13.2 Å². The first-order valence-corrected chi connectivity index (χ1v) is 8.55. The van der Waals surface area contributed by atoms with Crippen molar-refractivity contribution in [1.82, 2.24) is 10.6 Å². The van der Waals surface area contributed by atoms with Crippen LogP contribution in [0.15, 0.2) is 0 Å². The van der Waals surface area contributed by atoms with Gasteiger partial charge in [-0.15, -0.1) is 0 Å². The second-order valence-corrected chi connectivity index (χ2v) is 7.21. The van der Waals surface area contributed by atoms with Crippen molar-refractivity contribution in [1.29, 1.82) is 0 Å². The fraction of sp³-hybridized carbons (Fsp3) is 0.938. The number of carboxylic acids is 1. The van der Waals surface area contributed by atoms with Gasteiger partial charge in [0.25, 0.3) is 0 Å². The van der Waals surface area contributed by atoms with Crippen LogP contribution in [-0.4, -0.2) is 42.9 Å². The summed E-state index contributed by atoms with van der Waals surface area (Å²) in [5.41, 5.74) is 0.727. The molecule has 0 spiro atoms. The Labute approximate surface area is 135 Å². The average molecular weight is 336 g/mol. The number of hydrogen-bond donors (Lipinski definition) is 3. The van der Waals surface area contributed by atoms with Gasteiger partial charge >= 0.3 is 12.1 Å². The van der Waals surface area contributed by atoms with Crippen molar-refractivity contribution < 1.29 is 23.1 Å². The zero-order valence-electron chi connectivity index (χ0n) is 13.4. The van der Waals surface area contributed by atoms with E-state index in [1.165, 1.54) is 71.0 Å². The van der Waals surface area contributed by atoms with Gasteiger partial charge in [-0.05, 0) is 75.8 Å². The van der Waals surface area contributed by atoms with Crippen LogP contribution >= 0.6 is 0 Å². The third-order valence-corrected chi connectivity index (χ3v) is 5.47. The van der Waals surface area contributed by atoms with Crippen LogP contribution in [0.2, 0.25) is 0 Å². The van der Waals surface area contributed by atoms with Gasteiger partial charge in [-0.1, -0.05) is 0 Å². The van der Waals surface area contributed by atoms with Crippen molar-refractivity contribution in [2.24, 2.45) is 11.3 Å². The van der Waals surface area contributed by atoms with Crippen LogP contribution in [0.3, 0.4) is 0 Å². The molecule has 4 nitrogen and oxygen atoms in total. The van der Waals surface area contributed by atoms with E-state index in [4.69, 9.17) is 9.90 Å². The molecule has 1 aliphatic heterocycles. The summed E-state index contributed by atoms with van der Waals surface area (Å²) in [6.07, 6.45) is 6.58. The first kappa shape index (κ1) is 18.5. The molecule has 1 unspecified atom stereocenters. The van der Waals surface area contributed by atoms with E-state index < -0.39 is 12.1 Å². The SMILES string of the molecule is C1CNCCC(NCC23CCC(CC2)C3)C1.O=C(O)C(F)(F)F. The summed E-state index contributed by atoms with van der Waals surface area (Å²) in [5, 5.41) is 14.5. The van der Waals surface area contributed by atoms with Crippen LogP contribution in [0.5, 0.6) is 0 Å². The van der Waals surface area contributed by atoms with Crippen LogP contribution in [0.25, 0.3) is 0 Å². The number of aliphatic carboxylic acids is 1. The monoisotopic (exact) mass is 336 g/mol. The van der Waals surface area contributed by atoms with Gasteiger partial charge in [0.05, 0.1) is 0 Å². The maximum atomic E-state index is 10.6. The molecule has 3 rings (SSSR count). The molecule has 2 bridgehead atoms. The molecule has 0 aromatic heterocycles. The van der Waals surface area contributed by atoms with Crippen molar-refractivity contribution in [2.75, 3.05) is 19.6 Å². The predicted octanol–water partition coefficient (Wildman–Crippen LogP) is 2.93. The third-order valence-electron chi connectivity index (χ3n) is 5.47. The smallest absolute Gasteiger partial charge is 0.475 e. The Morgan fingerprint density at radius 2 is 1.83 bits per heavy atom. The summed E-state index contributed by atoms with van der Waals surface area (Å²) >= 11 is 0. The lowest BCUT2D eigenvalue weighted by molar-refractivity contribution is -0.192. The molecule has 7 heteroatoms. The van der Waals surface area contributed by atoms with Gasteiger partial charge in [-0.25, -0.2) is 4.79 Å². The highest BCUT2D eigenvalue weighted by Crippen LogP contribution is 2.53. The standard InChI is InChI=1S/C14H26N2.C2HF3O2/c1-2-13(5-9-15-8-1)16-11-14-6-3-12(10-14)4-7-14;3-2(4,5)1(6)7/h12-13,15-16H,1-11H2;(H,6,7). The Balaban J connectivity index is 0.000000236. The van der Waals surface area contributed by atoms with Crippen LogP contribution in [0.4, 0.5) is 13.2 Å². The number of carboxylic acid groups (broad SMARTS) is 1. The molecular weight excluding hydrogens is 309 g/mol. The zero-order chi connectivity index (χ0) is 16.9. The molecule has 134 valence electrons. The quantitative estimate of drug-likeness (QED) is 0.742. The first-order chi connectivity index (χ1) is 10.8. The van der Waals surface area contributed by atoms with Gasteiger partial charge in [0.1, 0.15) is 0 Å². The topological polar surface area (TPSA) is 61.4 Å². The number of fused-ring (bicyclic) bond motifs is 2. The average Bonchev–Trinajstić information content (AvgIpc) is 2.98. The number of carbonyl (C=O) groups is 1. The maximum absolute atomic E-state index is 10.6. The normalized spacial score (nSPS) is 33.7. The fourth-order valence-electron chi connectivity index (χ4n) is 4.14. The van der Waals surface area contributed by atoms with Crippen molar-refractivity contribution in [2.45, 2.75) is 63.6 Å². The number of hydrogen-bond acceptors (Lipinski definition) is 3. The largest absolute Gasteiger partial charge is 0.490 e. The third kappa shape index (κ3) is 5.64. The summed E-state index contributed by atoms with van der Waals surface area (Å²) in [6.45, 7) is 3.76. The van der Waals surface area contributed by atoms with Gasteiger partial charge in [-0.3, -0.25) is 0 Å². The van der Waals surface area contributed by atoms with E-state index in [-0.39, 0.29) is 0 Å². The lowest BCUT2D eigenvalue weighted by Crippen LogP contribution is -2.38. The lowest BCUT2D eigenvalue weighted by Gasteiger charge is -2.29. The van der Waals surface area contributed by atoms with E-state index in [2.05, 4.69) is 10.6 Å². The van der Waals surface area contributed by atoms with E-state index >= 15 is 0 Å². The predicted molar refractivity (Wildman–Crippen MR) is 81.2 cm³/mol. The van der Waals surface area contributed by atoms with Crippen LogP contribution in [0.1, 0.15) is 51.4 Å². The minimum absolute atomic E-state index is 0.727. The molecular formula is C16H27F3N2O2. The van der Waals surface area contributed by atoms with Crippen LogP contribution < -0.4 is 10.6 Å². The number of alkyl halides is 3. The minimum atomic E-state index is -5.08. The lowest BCUT2D eigenvalue weighted by atomic mass is 9.84. The maximum Gasteiger partial charge on any atom is 0.490 e. The second-order valence-electron chi connectivity index (χ2n) is 7.21. The molecule has 3 fully saturated rings. The van der Waals surface area contributed by atoms with E-state index in [0.29, 0.717) is 0 Å². The van der Waals surface area contributed by atoms with Gasteiger partial charge < -0.3 is 15.7 Å². The second kappa shape index (κ2) is 7.83. The van der Waals surface area contributed by atoms with E-state index in [1.807, 2.05) is 0 Å². The molecule has 1 heterocycles. The molecule has 0 radical (unpaired) electrons. The Bertz CT molecular complexity index is 385. The summed E-state index contributed by atoms with van der Waals surface area (Å²) in [6, 6.07) is 0.795. The van der Waals surface area contributed by atoms with Crippen molar-refractivity contribution in [3.63, 3.8) is 0 Å². The molecule has 23 heavy (non-hydrogen) atoms. The number of halogens is 3. The molecule has 3 N–H and O–H groups in total. The molecule has 3 aliphatic rings. The summed E-state index contributed by atoms with van der Waals surface area (Å²) < 4.78 is 31.7. The first-order valence-electron chi connectivity index (χ1n) is 8.55. The van der Waals surface area contributed by atoms with Gasteiger partial charge in [0.15, 0.2) is 0 Å². The van der Waals surface area contributed by atoms with Gasteiger partial charge in [0, 0.05) is 12.6 Å². The van der Waals surface area contributed by atoms with E-state index in [1.54, 1.807) is 0 Å². The number of rotatable bonds is 3. The highest BCUT2D eigenvalue weighted by Gasteiger charge is 2.44. The van der Waals surface area contributed by atoms with Crippen molar-refractivity contribution in [3.8, 4) is 0 Å². The van der Waals surface area contributed by atoms with Gasteiger partial charge in [-0.2, -0.15) is 13.2 Å². The summed E-state index contributed by atoms with van der Waals surface area (Å²) in [7, 11) is 0. The molecule has 0 aromatic carbocycles. The Hall–Kier alpha value is -0.820. The van der Waals surface area contributed by atoms with Gasteiger partial charge in [0.2, 0.25) is 0 Å². The Kier molecular flexibility index (Phi) is 6.31. The number of nitrogens with one attached hydrogen (secondary N) is 2. The van der Waals surface area contributed by atoms with Crippen molar-refractivity contribution >= 4 is 5.97 Å². The highest BCUT2D eigenvalue weighted by molar-refractivity contribution is 5.73. The Morgan fingerprint density at radius 3 is 2.35 bits per heavy atom. The molecule has 2 aliphatic carbocycles. The van der Waals surface area contributed by atoms with Crippen molar-refractivity contribution in [3.05, 3.63) is 0 Å². The summed E-state index contributed by atoms with van der Waals surface area (Å²) in [5.74, 6) is -1.66. The molecule has 1 saturated heterocycles. The fourth-order valence-corrected chi connectivity index (χ4v) is 4.14. The molecule has 1 atom stereocenters. The molecule has 2 saturated carbocycles. The van der Waals surface area contributed by atoms with Crippen LogP contribution in [-0.2, 0) is 4.79 Å².